The quantitative estimate of drug-likeness (QED) is 0.296. The number of fused-ring (bicyclic) bond motifs is 1. The summed E-state index contributed by atoms with van der Waals surface area (Å²) in [5.74, 6) is 2.75. The van der Waals surface area contributed by atoms with Gasteiger partial charge in [0.25, 0.3) is 5.91 Å². The van der Waals surface area contributed by atoms with Gasteiger partial charge in [-0.1, -0.05) is 61.5 Å². The molecule has 4 atom stereocenters. The van der Waals surface area contributed by atoms with Crippen LogP contribution in [0.15, 0.2) is 78.9 Å². The lowest BCUT2D eigenvalue weighted by Gasteiger charge is -2.36. The van der Waals surface area contributed by atoms with E-state index in [4.69, 9.17) is 4.74 Å². The minimum absolute atomic E-state index is 0.127. The highest BCUT2D eigenvalue weighted by Gasteiger charge is 2.60. The van der Waals surface area contributed by atoms with Crippen molar-refractivity contribution < 1.29 is 9.53 Å². The Kier molecular flexibility index (Phi) is 8.42. The van der Waals surface area contributed by atoms with Crippen LogP contribution in [0.5, 0.6) is 5.75 Å². The maximum absolute atomic E-state index is 13.0. The number of hydrogen-bond donors (Lipinski definition) is 0. The van der Waals surface area contributed by atoms with Crippen LogP contribution in [-0.4, -0.2) is 49.0 Å². The van der Waals surface area contributed by atoms with E-state index in [-0.39, 0.29) is 11.3 Å². The fraction of sp³-hybridized carbons (Fsp3) is 0.457. The molecule has 206 valence electrons. The molecule has 2 fully saturated rings. The zero-order chi connectivity index (χ0) is 27.4. The third-order valence-corrected chi connectivity index (χ3v) is 9.34. The summed E-state index contributed by atoms with van der Waals surface area (Å²) >= 11 is 0. The van der Waals surface area contributed by atoms with Crippen molar-refractivity contribution in [2.24, 2.45) is 17.3 Å². The van der Waals surface area contributed by atoms with Gasteiger partial charge in [-0.05, 0) is 97.9 Å². The van der Waals surface area contributed by atoms with Gasteiger partial charge in [-0.3, -0.25) is 9.69 Å². The Hall–Kier alpha value is -3.11. The predicted molar refractivity (Wildman–Crippen MR) is 159 cm³/mol. The second kappa shape index (κ2) is 12.0. The molecule has 5 rings (SSSR count). The monoisotopic (exact) mass is 524 g/mol. The molecule has 0 aromatic heterocycles. The summed E-state index contributed by atoms with van der Waals surface area (Å²) in [6.45, 7) is 11.3. The van der Waals surface area contributed by atoms with Crippen LogP contribution in [-0.2, 0) is 6.54 Å². The van der Waals surface area contributed by atoms with Crippen LogP contribution in [0.1, 0.15) is 73.0 Å². The molecule has 3 aromatic rings. The lowest BCUT2D eigenvalue weighted by atomic mass is 9.72. The SMILES string of the molecule is CCN(CC)C(=O)c1ccc([C@H](c2ccccc2)C23CCCN(Cc4ccc(OC)cc4)C[C@H](C)C2C3)cc1. The van der Waals surface area contributed by atoms with Crippen LogP contribution >= 0.6 is 0 Å². The summed E-state index contributed by atoms with van der Waals surface area (Å²) in [4.78, 5) is 17.5. The number of ether oxygens (including phenoxy) is 1. The van der Waals surface area contributed by atoms with Gasteiger partial charge >= 0.3 is 0 Å². The second-order valence-corrected chi connectivity index (χ2v) is 11.7. The van der Waals surface area contributed by atoms with Crippen molar-refractivity contribution in [3.8, 4) is 5.75 Å². The van der Waals surface area contributed by atoms with Gasteiger partial charge in [0, 0.05) is 37.7 Å². The number of likely N-dealkylation sites (tertiary alicyclic amines) is 1. The molecule has 3 aromatic carbocycles. The van der Waals surface area contributed by atoms with Gasteiger partial charge < -0.3 is 9.64 Å². The fourth-order valence-electron chi connectivity index (χ4n) is 7.29. The number of rotatable bonds is 9. The normalized spacial score (nSPS) is 23.7. The Bertz CT molecular complexity index is 1220. The Morgan fingerprint density at radius 3 is 2.28 bits per heavy atom. The molecule has 1 saturated heterocycles. The van der Waals surface area contributed by atoms with E-state index in [1.54, 1.807) is 7.11 Å². The summed E-state index contributed by atoms with van der Waals surface area (Å²) in [5, 5.41) is 0. The maximum Gasteiger partial charge on any atom is 0.253 e. The molecule has 0 N–H and O–H groups in total. The first kappa shape index (κ1) is 27.5. The molecule has 1 saturated carbocycles. The third kappa shape index (κ3) is 5.77. The molecule has 39 heavy (non-hydrogen) atoms. The Morgan fingerprint density at radius 2 is 1.64 bits per heavy atom. The van der Waals surface area contributed by atoms with Crippen LogP contribution in [0.4, 0.5) is 0 Å². The van der Waals surface area contributed by atoms with Crippen molar-refractivity contribution in [2.45, 2.75) is 52.5 Å². The zero-order valence-electron chi connectivity index (χ0n) is 24.1. The molecule has 1 aliphatic heterocycles. The number of carbonyl (C=O) groups excluding carboxylic acids is 1. The first-order valence-electron chi connectivity index (χ1n) is 14.8. The first-order chi connectivity index (χ1) is 19.0. The largest absolute Gasteiger partial charge is 0.497 e. The van der Waals surface area contributed by atoms with E-state index in [0.29, 0.717) is 17.8 Å². The van der Waals surface area contributed by atoms with Crippen molar-refractivity contribution in [1.82, 2.24) is 9.80 Å². The van der Waals surface area contributed by atoms with E-state index < -0.39 is 0 Å². The molecule has 1 heterocycles. The summed E-state index contributed by atoms with van der Waals surface area (Å²) < 4.78 is 5.35. The number of methoxy groups -OCH3 is 1. The summed E-state index contributed by atoms with van der Waals surface area (Å²) in [7, 11) is 1.72. The molecule has 0 spiro atoms. The zero-order valence-corrected chi connectivity index (χ0v) is 24.1. The van der Waals surface area contributed by atoms with Crippen LogP contribution in [0.2, 0.25) is 0 Å². The van der Waals surface area contributed by atoms with E-state index in [9.17, 15) is 4.79 Å². The van der Waals surface area contributed by atoms with Gasteiger partial charge in [-0.2, -0.15) is 0 Å². The van der Waals surface area contributed by atoms with Crippen molar-refractivity contribution >= 4 is 5.91 Å². The molecule has 2 unspecified atom stereocenters. The molecule has 1 aliphatic carbocycles. The van der Waals surface area contributed by atoms with Crippen molar-refractivity contribution in [3.63, 3.8) is 0 Å². The Labute approximate surface area is 235 Å². The van der Waals surface area contributed by atoms with Gasteiger partial charge in [-0.15, -0.1) is 0 Å². The van der Waals surface area contributed by atoms with E-state index >= 15 is 0 Å². The molecule has 4 nitrogen and oxygen atoms in total. The Balaban J connectivity index is 1.37. The third-order valence-electron chi connectivity index (χ3n) is 9.34. The average Bonchev–Trinajstić information content (AvgIpc) is 3.68. The molecule has 0 radical (unpaired) electrons. The van der Waals surface area contributed by atoms with Crippen LogP contribution in [0.3, 0.4) is 0 Å². The average molecular weight is 525 g/mol. The molecule has 0 bridgehead atoms. The topological polar surface area (TPSA) is 32.8 Å². The predicted octanol–water partition coefficient (Wildman–Crippen LogP) is 7.25. The number of amides is 1. The van der Waals surface area contributed by atoms with Crippen LogP contribution in [0.25, 0.3) is 0 Å². The lowest BCUT2D eigenvalue weighted by molar-refractivity contribution is 0.0773. The van der Waals surface area contributed by atoms with Crippen LogP contribution < -0.4 is 4.74 Å². The van der Waals surface area contributed by atoms with E-state index in [0.717, 1.165) is 44.0 Å². The minimum Gasteiger partial charge on any atom is -0.497 e. The van der Waals surface area contributed by atoms with Gasteiger partial charge in [0.15, 0.2) is 0 Å². The number of hydrogen-bond acceptors (Lipinski definition) is 3. The van der Waals surface area contributed by atoms with Crippen molar-refractivity contribution in [1.29, 1.82) is 0 Å². The summed E-state index contributed by atoms with van der Waals surface area (Å²) in [6.07, 6.45) is 3.73. The van der Waals surface area contributed by atoms with Crippen molar-refractivity contribution in [2.75, 3.05) is 33.3 Å². The number of nitrogens with zero attached hydrogens (tertiary/aromatic N) is 2. The fourth-order valence-corrected chi connectivity index (χ4v) is 7.29. The van der Waals surface area contributed by atoms with E-state index in [1.165, 1.54) is 36.0 Å². The number of benzene rings is 3. The molecule has 4 heteroatoms. The highest BCUT2D eigenvalue weighted by molar-refractivity contribution is 5.94. The van der Waals surface area contributed by atoms with Gasteiger partial charge in [0.2, 0.25) is 0 Å². The molecule has 2 aliphatic rings. The van der Waals surface area contributed by atoms with Gasteiger partial charge in [0.1, 0.15) is 5.75 Å². The number of carbonyl (C=O) groups is 1. The smallest absolute Gasteiger partial charge is 0.253 e. The van der Waals surface area contributed by atoms with Crippen molar-refractivity contribution in [3.05, 3.63) is 101 Å². The molecular formula is C35H44N2O2. The standard InChI is InChI=1S/C35H44N2O2/c1-5-37(6-2)34(38)30-17-15-29(16-18-30)33(28-11-8-7-9-12-28)35-21-10-22-36(24-26(3)32(35)23-35)25-27-13-19-31(39-4)20-14-27/h7-9,11-20,26,32-33H,5-6,10,21-25H2,1-4H3/t26-,32?,33-,35?/m0/s1. The van der Waals surface area contributed by atoms with E-state index in [2.05, 4.69) is 90.7 Å². The first-order valence-corrected chi connectivity index (χ1v) is 14.8. The highest BCUT2D eigenvalue weighted by atomic mass is 16.5. The highest BCUT2D eigenvalue weighted by Crippen LogP contribution is 2.68. The molecular weight excluding hydrogens is 480 g/mol. The lowest BCUT2D eigenvalue weighted by Crippen LogP contribution is -2.34. The van der Waals surface area contributed by atoms with Gasteiger partial charge in [-0.25, -0.2) is 0 Å². The van der Waals surface area contributed by atoms with Crippen LogP contribution in [0, 0.1) is 17.3 Å². The second-order valence-electron chi connectivity index (χ2n) is 11.7. The maximum atomic E-state index is 13.0. The Morgan fingerprint density at radius 1 is 0.974 bits per heavy atom. The summed E-state index contributed by atoms with van der Waals surface area (Å²) in [5.41, 5.74) is 5.19. The van der Waals surface area contributed by atoms with E-state index in [1.807, 2.05) is 18.7 Å². The minimum atomic E-state index is 0.127. The molecule has 1 amide bonds. The van der Waals surface area contributed by atoms with Gasteiger partial charge in [0.05, 0.1) is 7.11 Å². The summed E-state index contributed by atoms with van der Waals surface area (Å²) in [6, 6.07) is 28.2.